The molecule has 0 aliphatic carbocycles. The number of carbonyl (C=O) groups is 1. The summed E-state index contributed by atoms with van der Waals surface area (Å²) in [6, 6.07) is 0. The van der Waals surface area contributed by atoms with Crippen LogP contribution in [0.5, 0.6) is 0 Å². The third-order valence-electron chi connectivity index (χ3n) is 4.83. The van der Waals surface area contributed by atoms with Crippen LogP contribution < -0.4 is 0 Å². The number of allylic oxidation sites excluding steroid dienone is 2. The molecule has 0 radical (unpaired) electrons. The van der Waals surface area contributed by atoms with Crippen molar-refractivity contribution in [3.8, 4) is 0 Å². The summed E-state index contributed by atoms with van der Waals surface area (Å²) in [4.78, 5) is 11.8. The van der Waals surface area contributed by atoms with Crippen LogP contribution in [0.3, 0.4) is 0 Å². The molecule has 26 heavy (non-hydrogen) atoms. The Bertz CT molecular complexity index is 545. The molecular weight excluding hydrogens is 459 g/mol. The Balaban J connectivity index is 5.64. The van der Waals surface area contributed by atoms with Crippen molar-refractivity contribution in [2.45, 2.75) is 65.3 Å². The predicted molar refractivity (Wildman–Crippen MR) is 120 cm³/mol. The van der Waals surface area contributed by atoms with Crippen molar-refractivity contribution in [1.29, 1.82) is 0 Å². The number of ether oxygens (including phenoxy) is 2. The van der Waals surface area contributed by atoms with E-state index in [1.165, 1.54) is 19.8 Å². The zero-order valence-electron chi connectivity index (χ0n) is 17.7. The highest BCUT2D eigenvalue weighted by Gasteiger charge is 2.39. The summed E-state index contributed by atoms with van der Waals surface area (Å²) in [5.74, 6) is -0.0501. The van der Waals surface area contributed by atoms with Gasteiger partial charge in [-0.1, -0.05) is 68.0 Å². The molecule has 0 aromatic heterocycles. The second kappa shape index (κ2) is 11.3. The third kappa shape index (κ3) is 8.39. The van der Waals surface area contributed by atoms with Gasteiger partial charge < -0.3 is 13.9 Å². The number of halogens is 1. The lowest BCUT2D eigenvalue weighted by Gasteiger charge is -2.40. The van der Waals surface area contributed by atoms with Crippen molar-refractivity contribution in [2.75, 3.05) is 14.2 Å². The van der Waals surface area contributed by atoms with E-state index >= 15 is 0 Å². The van der Waals surface area contributed by atoms with E-state index in [2.05, 4.69) is 82.5 Å². The second-order valence-corrected chi connectivity index (χ2v) is 13.5. The van der Waals surface area contributed by atoms with Crippen molar-refractivity contribution in [3.05, 3.63) is 33.6 Å². The highest BCUT2D eigenvalue weighted by Crippen LogP contribution is 2.38. The van der Waals surface area contributed by atoms with Crippen LogP contribution in [0.15, 0.2) is 33.6 Å². The summed E-state index contributed by atoms with van der Waals surface area (Å²) in [6.45, 7) is 15.4. The first-order valence-electron chi connectivity index (χ1n) is 8.85. The van der Waals surface area contributed by atoms with Crippen LogP contribution in [-0.4, -0.2) is 34.6 Å². The van der Waals surface area contributed by atoms with Crippen LogP contribution >= 0.6 is 22.6 Å². The minimum Gasteiger partial charge on any atom is -0.490 e. The molecule has 0 N–H and O–H groups in total. The molecule has 0 unspecified atom stereocenters. The molecule has 0 aliphatic rings. The summed E-state index contributed by atoms with van der Waals surface area (Å²) >= 11 is 2.22. The van der Waals surface area contributed by atoms with Crippen LogP contribution in [0, 0.1) is 5.92 Å². The van der Waals surface area contributed by atoms with Gasteiger partial charge in [-0.05, 0) is 47.6 Å². The van der Waals surface area contributed by atoms with E-state index in [1.807, 2.05) is 4.08 Å². The minimum atomic E-state index is -1.95. The fraction of sp³-hybridized carbons (Fsp3) is 0.650. The summed E-state index contributed by atoms with van der Waals surface area (Å²) < 4.78 is 18.6. The van der Waals surface area contributed by atoms with Gasteiger partial charge in [0.05, 0.1) is 20.3 Å². The van der Waals surface area contributed by atoms with Crippen molar-refractivity contribution >= 4 is 36.9 Å². The molecule has 0 bridgehead atoms. The van der Waals surface area contributed by atoms with E-state index < -0.39 is 14.3 Å². The molecule has 0 aromatic carbocycles. The molecule has 0 saturated heterocycles. The van der Waals surface area contributed by atoms with Crippen LogP contribution in [-0.2, 0) is 18.7 Å². The average Bonchev–Trinajstić information content (AvgIpc) is 2.52. The Labute approximate surface area is 174 Å². The second-order valence-electron chi connectivity index (χ2n) is 7.98. The van der Waals surface area contributed by atoms with Gasteiger partial charge in [0.2, 0.25) is 0 Å². The largest absolute Gasteiger partial charge is 0.490 e. The van der Waals surface area contributed by atoms with Gasteiger partial charge in [-0.15, -0.1) is 0 Å². The quantitative estimate of drug-likeness (QED) is 0.0985. The fourth-order valence-corrected chi connectivity index (χ4v) is 4.16. The highest BCUT2D eigenvalue weighted by molar-refractivity contribution is 14.1. The Hall–Kier alpha value is -0.603. The SMILES string of the molecule is COC(=O)/C(=C\C[C@H](O[Si](C)(C)C(C)(C)C)[C@@H](C)/C=C(C)/C=C\I)OC. The molecule has 0 spiro atoms. The topological polar surface area (TPSA) is 44.8 Å². The lowest BCUT2D eigenvalue weighted by atomic mass is 9.99. The van der Waals surface area contributed by atoms with Crippen LogP contribution in [0.2, 0.25) is 18.1 Å². The normalized spacial score (nSPS) is 16.5. The lowest BCUT2D eigenvalue weighted by Crippen LogP contribution is -2.45. The van der Waals surface area contributed by atoms with E-state index in [4.69, 9.17) is 13.9 Å². The van der Waals surface area contributed by atoms with Gasteiger partial charge in [-0.2, -0.15) is 0 Å². The van der Waals surface area contributed by atoms with Gasteiger partial charge in [-0.3, -0.25) is 0 Å². The van der Waals surface area contributed by atoms with Gasteiger partial charge >= 0.3 is 5.97 Å². The first-order chi connectivity index (χ1) is 11.9. The maximum Gasteiger partial charge on any atom is 0.372 e. The summed E-state index contributed by atoms with van der Waals surface area (Å²) in [5, 5.41) is 0.113. The van der Waals surface area contributed by atoms with E-state index in [0.717, 1.165) is 0 Å². The molecule has 6 heteroatoms. The molecule has 0 aromatic rings. The third-order valence-corrected chi connectivity index (χ3v) is 9.70. The van der Waals surface area contributed by atoms with Gasteiger partial charge in [0.15, 0.2) is 14.1 Å². The van der Waals surface area contributed by atoms with Crippen molar-refractivity contribution in [3.63, 3.8) is 0 Å². The van der Waals surface area contributed by atoms with Gasteiger partial charge in [0.1, 0.15) is 0 Å². The van der Waals surface area contributed by atoms with Crippen molar-refractivity contribution in [1.82, 2.24) is 0 Å². The van der Waals surface area contributed by atoms with E-state index in [1.54, 1.807) is 6.08 Å². The van der Waals surface area contributed by atoms with E-state index in [9.17, 15) is 4.79 Å². The maximum absolute atomic E-state index is 11.8. The Morgan fingerprint density at radius 1 is 1.19 bits per heavy atom. The number of rotatable bonds is 9. The maximum atomic E-state index is 11.8. The Morgan fingerprint density at radius 3 is 2.19 bits per heavy atom. The summed E-state index contributed by atoms with van der Waals surface area (Å²) in [5.41, 5.74) is 1.19. The summed E-state index contributed by atoms with van der Waals surface area (Å²) in [7, 11) is 0.875. The van der Waals surface area contributed by atoms with Gasteiger partial charge in [0.25, 0.3) is 0 Å². The fourth-order valence-electron chi connectivity index (χ4n) is 2.18. The molecule has 2 atom stereocenters. The van der Waals surface area contributed by atoms with Gasteiger partial charge in [0, 0.05) is 0 Å². The Morgan fingerprint density at radius 2 is 1.77 bits per heavy atom. The molecule has 0 rings (SSSR count). The zero-order chi connectivity index (χ0) is 20.5. The van der Waals surface area contributed by atoms with E-state index in [0.29, 0.717) is 6.42 Å². The van der Waals surface area contributed by atoms with Crippen LogP contribution in [0.25, 0.3) is 0 Å². The van der Waals surface area contributed by atoms with Crippen LogP contribution in [0.1, 0.15) is 41.0 Å². The number of hydrogen-bond donors (Lipinski definition) is 0. The molecule has 0 heterocycles. The minimum absolute atomic E-state index is 0.0386. The average molecular weight is 494 g/mol. The number of methoxy groups -OCH3 is 2. The predicted octanol–water partition coefficient (Wildman–Crippen LogP) is 6.00. The molecular formula is C20H35IO4Si. The molecule has 0 saturated carbocycles. The zero-order valence-corrected chi connectivity index (χ0v) is 20.8. The smallest absolute Gasteiger partial charge is 0.372 e. The van der Waals surface area contributed by atoms with Crippen LogP contribution in [0.4, 0.5) is 0 Å². The number of carbonyl (C=O) groups excluding carboxylic acids is 1. The number of esters is 1. The Kier molecular flexibility index (Phi) is 11.0. The van der Waals surface area contributed by atoms with E-state index in [-0.39, 0.29) is 22.8 Å². The molecule has 4 nitrogen and oxygen atoms in total. The van der Waals surface area contributed by atoms with Crippen molar-refractivity contribution in [2.24, 2.45) is 5.92 Å². The summed E-state index contributed by atoms with van der Waals surface area (Å²) in [6.07, 6.45) is 6.61. The molecule has 0 amide bonds. The number of hydrogen-bond acceptors (Lipinski definition) is 4. The molecule has 150 valence electrons. The first kappa shape index (κ1) is 25.4. The molecule has 0 aliphatic heterocycles. The molecule has 0 fully saturated rings. The standard InChI is InChI=1S/C20H35IO4Si/c1-15(12-13-21)14-16(2)17(25-26(8,9)20(3,4)5)10-11-18(23-6)19(22)24-7/h11-14,16-17H,10H2,1-9H3/b13-12-,15-14+,18-11+/t16-,17-/m0/s1. The monoisotopic (exact) mass is 494 g/mol. The lowest BCUT2D eigenvalue weighted by molar-refractivity contribution is -0.139. The first-order valence-corrected chi connectivity index (χ1v) is 13.0. The van der Waals surface area contributed by atoms with Crippen molar-refractivity contribution < 1.29 is 18.7 Å². The highest BCUT2D eigenvalue weighted by atomic mass is 127. The van der Waals surface area contributed by atoms with Gasteiger partial charge in [-0.25, -0.2) is 4.79 Å².